The third-order valence-electron chi connectivity index (χ3n) is 4.25. The minimum absolute atomic E-state index is 0.0404. The van der Waals surface area contributed by atoms with Crippen LogP contribution in [0.3, 0.4) is 0 Å². The molecule has 1 saturated carbocycles. The van der Waals surface area contributed by atoms with Gasteiger partial charge in [0.05, 0.1) is 0 Å². The van der Waals surface area contributed by atoms with Crippen LogP contribution in [0.1, 0.15) is 26.2 Å². The van der Waals surface area contributed by atoms with Gasteiger partial charge in [-0.1, -0.05) is 12.1 Å². The van der Waals surface area contributed by atoms with Gasteiger partial charge in [0.2, 0.25) is 5.91 Å². The summed E-state index contributed by atoms with van der Waals surface area (Å²) in [4.78, 5) is 14.2. The van der Waals surface area contributed by atoms with E-state index >= 15 is 0 Å². The van der Waals surface area contributed by atoms with Crippen molar-refractivity contribution >= 4 is 11.7 Å². The Morgan fingerprint density at radius 2 is 2.06 bits per heavy atom. The van der Waals surface area contributed by atoms with Gasteiger partial charge in [-0.05, 0) is 32.2 Å². The SMILES string of the molecule is CC1CC1C(=O)NC1(/C(N)=N/O)CCN(C)CC1. The highest BCUT2D eigenvalue weighted by Gasteiger charge is 2.45. The lowest BCUT2D eigenvalue weighted by molar-refractivity contribution is -0.124. The molecule has 2 atom stereocenters. The first-order valence-electron chi connectivity index (χ1n) is 6.47. The quantitative estimate of drug-likeness (QED) is 0.285. The van der Waals surface area contributed by atoms with Crippen molar-refractivity contribution in [1.82, 2.24) is 10.2 Å². The van der Waals surface area contributed by atoms with E-state index in [9.17, 15) is 4.79 Å². The fraction of sp³-hybridized carbons (Fsp3) is 0.833. The monoisotopic (exact) mass is 254 g/mol. The molecule has 1 amide bonds. The van der Waals surface area contributed by atoms with Crippen molar-refractivity contribution in [2.24, 2.45) is 22.7 Å². The van der Waals surface area contributed by atoms with Crippen LogP contribution in [0.2, 0.25) is 0 Å². The van der Waals surface area contributed by atoms with Gasteiger partial charge in [0.1, 0.15) is 5.54 Å². The zero-order valence-electron chi connectivity index (χ0n) is 11.0. The lowest BCUT2D eigenvalue weighted by Crippen LogP contribution is -2.62. The number of amidine groups is 1. The van der Waals surface area contributed by atoms with Crippen LogP contribution < -0.4 is 11.1 Å². The molecule has 102 valence electrons. The topological polar surface area (TPSA) is 91.0 Å². The second-order valence-electron chi connectivity index (χ2n) is 5.68. The normalized spacial score (nSPS) is 32.0. The minimum Gasteiger partial charge on any atom is -0.409 e. The maximum absolute atomic E-state index is 12.1. The van der Waals surface area contributed by atoms with Gasteiger partial charge in [-0.15, -0.1) is 0 Å². The molecule has 1 aliphatic heterocycles. The first-order valence-corrected chi connectivity index (χ1v) is 6.47. The molecule has 6 heteroatoms. The number of hydrogen-bond donors (Lipinski definition) is 3. The number of piperidine rings is 1. The van der Waals surface area contributed by atoms with Gasteiger partial charge in [0.15, 0.2) is 5.84 Å². The Balaban J connectivity index is 2.08. The lowest BCUT2D eigenvalue weighted by atomic mass is 9.86. The third kappa shape index (κ3) is 2.43. The Labute approximate surface area is 107 Å². The standard InChI is InChI=1S/C12H22N4O2/c1-8-7-9(8)10(17)14-12(11(13)15-18)3-5-16(2)6-4-12/h8-9,18H,3-7H2,1-2H3,(H2,13,15)(H,14,17). The van der Waals surface area contributed by atoms with E-state index in [1.54, 1.807) is 0 Å². The van der Waals surface area contributed by atoms with Crippen molar-refractivity contribution in [2.45, 2.75) is 31.7 Å². The highest BCUT2D eigenvalue weighted by atomic mass is 16.4. The number of amides is 1. The van der Waals surface area contributed by atoms with Crippen LogP contribution in [0.5, 0.6) is 0 Å². The van der Waals surface area contributed by atoms with Crippen molar-refractivity contribution in [3.05, 3.63) is 0 Å². The lowest BCUT2D eigenvalue weighted by Gasteiger charge is -2.40. The van der Waals surface area contributed by atoms with E-state index in [0.29, 0.717) is 18.8 Å². The van der Waals surface area contributed by atoms with Gasteiger partial charge in [-0.2, -0.15) is 0 Å². The number of hydrogen-bond acceptors (Lipinski definition) is 4. The summed E-state index contributed by atoms with van der Waals surface area (Å²) >= 11 is 0. The molecule has 0 bridgehead atoms. The predicted molar refractivity (Wildman–Crippen MR) is 68.3 cm³/mol. The molecule has 0 aromatic carbocycles. The first-order chi connectivity index (χ1) is 8.48. The fourth-order valence-electron chi connectivity index (χ4n) is 2.56. The molecule has 18 heavy (non-hydrogen) atoms. The number of carbonyl (C=O) groups excluding carboxylic acids is 1. The molecule has 0 aromatic rings. The number of nitrogens with zero attached hydrogens (tertiary/aromatic N) is 2. The smallest absolute Gasteiger partial charge is 0.224 e. The summed E-state index contributed by atoms with van der Waals surface area (Å²) in [7, 11) is 2.03. The summed E-state index contributed by atoms with van der Waals surface area (Å²) in [5, 5.41) is 15.1. The van der Waals surface area contributed by atoms with Crippen molar-refractivity contribution in [3.8, 4) is 0 Å². The number of oxime groups is 1. The van der Waals surface area contributed by atoms with Crippen LogP contribution in [0.25, 0.3) is 0 Å². The summed E-state index contributed by atoms with van der Waals surface area (Å²) < 4.78 is 0. The third-order valence-corrected chi connectivity index (χ3v) is 4.25. The maximum Gasteiger partial charge on any atom is 0.224 e. The first kappa shape index (κ1) is 13.1. The molecule has 0 aromatic heterocycles. The summed E-state index contributed by atoms with van der Waals surface area (Å²) in [6, 6.07) is 0. The van der Waals surface area contributed by atoms with E-state index in [-0.39, 0.29) is 17.7 Å². The zero-order valence-corrected chi connectivity index (χ0v) is 11.0. The Hall–Kier alpha value is -1.30. The highest BCUT2D eigenvalue weighted by molar-refractivity contribution is 5.95. The zero-order chi connectivity index (χ0) is 13.3. The summed E-state index contributed by atoms with van der Waals surface area (Å²) in [5.41, 5.74) is 5.13. The summed E-state index contributed by atoms with van der Waals surface area (Å²) in [6.07, 6.45) is 2.32. The largest absolute Gasteiger partial charge is 0.409 e. The maximum atomic E-state index is 12.1. The number of likely N-dealkylation sites (tertiary alicyclic amines) is 1. The summed E-state index contributed by atoms with van der Waals surface area (Å²) in [5.74, 6) is 0.726. The number of rotatable bonds is 3. The van der Waals surface area contributed by atoms with Crippen molar-refractivity contribution in [2.75, 3.05) is 20.1 Å². The highest BCUT2D eigenvalue weighted by Crippen LogP contribution is 2.38. The Bertz CT molecular complexity index is 361. The molecule has 2 aliphatic rings. The van der Waals surface area contributed by atoms with Gasteiger partial charge in [-0.3, -0.25) is 4.79 Å². The van der Waals surface area contributed by atoms with Crippen LogP contribution in [0.4, 0.5) is 0 Å². The average molecular weight is 254 g/mol. The predicted octanol–water partition coefficient (Wildman–Crippen LogP) is -0.0306. The van der Waals surface area contributed by atoms with Crippen molar-refractivity contribution in [1.29, 1.82) is 0 Å². The van der Waals surface area contributed by atoms with Crippen LogP contribution in [-0.4, -0.2) is 47.5 Å². The molecule has 1 heterocycles. The molecule has 1 saturated heterocycles. The van der Waals surface area contributed by atoms with Gasteiger partial charge in [0.25, 0.3) is 0 Å². The fourth-order valence-corrected chi connectivity index (χ4v) is 2.56. The van der Waals surface area contributed by atoms with Crippen LogP contribution in [-0.2, 0) is 4.79 Å². The second kappa shape index (κ2) is 4.76. The molecule has 6 nitrogen and oxygen atoms in total. The molecule has 0 spiro atoms. The van der Waals surface area contributed by atoms with Crippen LogP contribution in [0, 0.1) is 11.8 Å². The van der Waals surface area contributed by atoms with Crippen molar-refractivity contribution < 1.29 is 10.0 Å². The van der Waals surface area contributed by atoms with Crippen LogP contribution >= 0.6 is 0 Å². The molecule has 2 unspecified atom stereocenters. The number of nitrogens with two attached hydrogens (primary N) is 1. The van der Waals surface area contributed by atoms with Gasteiger partial charge in [0, 0.05) is 19.0 Å². The molecule has 2 fully saturated rings. The van der Waals surface area contributed by atoms with Gasteiger partial charge in [-0.25, -0.2) is 0 Å². The van der Waals surface area contributed by atoms with Gasteiger partial charge >= 0.3 is 0 Å². The van der Waals surface area contributed by atoms with E-state index in [1.165, 1.54) is 0 Å². The molecule has 2 rings (SSSR count). The van der Waals surface area contributed by atoms with E-state index in [1.807, 2.05) is 7.05 Å². The number of carbonyl (C=O) groups is 1. The minimum atomic E-state index is -0.666. The summed E-state index contributed by atoms with van der Waals surface area (Å²) in [6.45, 7) is 3.72. The van der Waals surface area contributed by atoms with E-state index in [2.05, 4.69) is 22.3 Å². The van der Waals surface area contributed by atoms with Crippen molar-refractivity contribution in [3.63, 3.8) is 0 Å². The average Bonchev–Trinajstić information content (AvgIpc) is 3.09. The number of nitrogens with one attached hydrogen (secondary N) is 1. The molecular weight excluding hydrogens is 232 g/mol. The second-order valence-corrected chi connectivity index (χ2v) is 5.68. The Morgan fingerprint density at radius 1 is 1.50 bits per heavy atom. The Kier molecular flexibility index (Phi) is 3.47. The molecule has 1 aliphatic carbocycles. The molecular formula is C12H22N4O2. The van der Waals surface area contributed by atoms with E-state index < -0.39 is 5.54 Å². The molecule has 0 radical (unpaired) electrons. The Morgan fingerprint density at radius 3 is 2.50 bits per heavy atom. The van der Waals surface area contributed by atoms with Crippen LogP contribution in [0.15, 0.2) is 5.16 Å². The molecule has 4 N–H and O–H groups in total. The van der Waals surface area contributed by atoms with E-state index in [0.717, 1.165) is 19.5 Å². The van der Waals surface area contributed by atoms with Gasteiger partial charge < -0.3 is 21.2 Å². The van der Waals surface area contributed by atoms with E-state index in [4.69, 9.17) is 10.9 Å².